The number of carbonyl (C=O) groups excluding carboxylic acids is 1. The van der Waals surface area contributed by atoms with Gasteiger partial charge in [-0.2, -0.15) is 0 Å². The average Bonchev–Trinajstić information content (AvgIpc) is 2.62. The van der Waals surface area contributed by atoms with E-state index in [1.807, 2.05) is 30.3 Å². The van der Waals surface area contributed by atoms with E-state index >= 15 is 0 Å². The van der Waals surface area contributed by atoms with Crippen LogP contribution in [0.15, 0.2) is 48.5 Å². The van der Waals surface area contributed by atoms with Crippen LogP contribution in [-0.2, 0) is 11.3 Å². The van der Waals surface area contributed by atoms with E-state index < -0.39 is 18.3 Å². The Morgan fingerprint density at radius 2 is 1.84 bits per heavy atom. The third kappa shape index (κ3) is 5.63. The first-order valence-electron chi connectivity index (χ1n) is 7.77. The number of phenolic OH excluding ortho intramolecular Hbond substituents is 1. The number of ether oxygens (including phenoxy) is 1. The third-order valence-corrected chi connectivity index (χ3v) is 4.03. The van der Waals surface area contributed by atoms with Crippen LogP contribution in [-0.4, -0.2) is 34.1 Å². The number of nitrogens with one attached hydrogen (secondary N) is 1. The fourth-order valence-electron chi connectivity index (χ4n) is 2.23. The standard InChI is InChI=1S/C18H20ClNO5/c19-16-13(7-4-8-14(16)21)17(23)15(22)9-10-20-18(24)25-11-12-5-2-1-3-6-12/h1-8,15,17,21-23H,9-11H2,(H,20,24). The molecule has 6 nitrogen and oxygen atoms in total. The van der Waals surface area contributed by atoms with Gasteiger partial charge in [-0.25, -0.2) is 4.79 Å². The van der Waals surface area contributed by atoms with E-state index in [-0.39, 0.29) is 35.9 Å². The number of aliphatic hydroxyl groups is 2. The number of phenols is 1. The second-order valence-electron chi connectivity index (χ2n) is 5.47. The molecule has 2 atom stereocenters. The molecule has 0 saturated heterocycles. The highest BCUT2D eigenvalue weighted by Gasteiger charge is 2.22. The minimum atomic E-state index is -1.28. The molecule has 0 radical (unpaired) electrons. The van der Waals surface area contributed by atoms with Gasteiger partial charge in [0.25, 0.3) is 0 Å². The summed E-state index contributed by atoms with van der Waals surface area (Å²) in [5.41, 5.74) is 1.09. The quantitative estimate of drug-likeness (QED) is 0.604. The number of aromatic hydroxyl groups is 1. The van der Waals surface area contributed by atoms with Crippen molar-refractivity contribution >= 4 is 17.7 Å². The zero-order chi connectivity index (χ0) is 18.2. The largest absolute Gasteiger partial charge is 0.506 e. The molecule has 0 bridgehead atoms. The summed E-state index contributed by atoms with van der Waals surface area (Å²) < 4.78 is 5.04. The van der Waals surface area contributed by atoms with E-state index in [1.54, 1.807) is 0 Å². The number of benzene rings is 2. The molecule has 134 valence electrons. The van der Waals surface area contributed by atoms with Crippen molar-refractivity contribution in [1.29, 1.82) is 0 Å². The molecule has 0 aliphatic heterocycles. The fraction of sp³-hybridized carbons (Fsp3) is 0.278. The highest BCUT2D eigenvalue weighted by atomic mass is 35.5. The van der Waals surface area contributed by atoms with E-state index in [0.29, 0.717) is 0 Å². The number of amides is 1. The number of rotatable bonds is 7. The Labute approximate surface area is 150 Å². The zero-order valence-corrected chi connectivity index (χ0v) is 14.2. The molecule has 4 N–H and O–H groups in total. The van der Waals surface area contributed by atoms with Gasteiger partial charge in [0.1, 0.15) is 18.5 Å². The summed E-state index contributed by atoms with van der Waals surface area (Å²) in [6, 6.07) is 13.7. The van der Waals surface area contributed by atoms with Gasteiger partial charge in [0.2, 0.25) is 0 Å². The van der Waals surface area contributed by atoms with Crippen molar-refractivity contribution < 1.29 is 24.9 Å². The second kappa shape index (κ2) is 9.27. The Morgan fingerprint density at radius 3 is 2.56 bits per heavy atom. The summed E-state index contributed by atoms with van der Waals surface area (Å²) in [6.45, 7) is 0.263. The van der Waals surface area contributed by atoms with Crippen LogP contribution in [0, 0.1) is 0 Å². The van der Waals surface area contributed by atoms with Crippen molar-refractivity contribution in [3.63, 3.8) is 0 Å². The van der Waals surface area contributed by atoms with Crippen molar-refractivity contribution in [2.45, 2.75) is 25.2 Å². The minimum Gasteiger partial charge on any atom is -0.506 e. The molecule has 25 heavy (non-hydrogen) atoms. The molecule has 7 heteroatoms. The maximum atomic E-state index is 11.6. The smallest absolute Gasteiger partial charge is 0.407 e. The second-order valence-corrected chi connectivity index (χ2v) is 5.85. The Morgan fingerprint density at radius 1 is 1.12 bits per heavy atom. The zero-order valence-electron chi connectivity index (χ0n) is 13.4. The summed E-state index contributed by atoms with van der Waals surface area (Å²) in [4.78, 5) is 11.6. The lowest BCUT2D eigenvalue weighted by Gasteiger charge is -2.19. The molecular weight excluding hydrogens is 346 g/mol. The van der Waals surface area contributed by atoms with Crippen LogP contribution in [0.1, 0.15) is 23.7 Å². The van der Waals surface area contributed by atoms with Crippen molar-refractivity contribution in [2.24, 2.45) is 0 Å². The summed E-state index contributed by atoms with van der Waals surface area (Å²) >= 11 is 5.91. The van der Waals surface area contributed by atoms with E-state index in [0.717, 1.165) is 5.56 Å². The van der Waals surface area contributed by atoms with Crippen LogP contribution in [0.4, 0.5) is 4.79 Å². The maximum Gasteiger partial charge on any atom is 0.407 e. The Balaban J connectivity index is 1.75. The van der Waals surface area contributed by atoms with Crippen LogP contribution >= 0.6 is 11.6 Å². The summed E-state index contributed by atoms with van der Waals surface area (Å²) in [6.07, 6.45) is -2.95. The molecule has 2 aromatic carbocycles. The van der Waals surface area contributed by atoms with E-state index in [1.165, 1.54) is 18.2 Å². The van der Waals surface area contributed by atoms with E-state index in [4.69, 9.17) is 16.3 Å². The number of hydrogen-bond acceptors (Lipinski definition) is 5. The topological polar surface area (TPSA) is 99.0 Å². The Bertz CT molecular complexity index is 695. The lowest BCUT2D eigenvalue weighted by molar-refractivity contribution is 0.0136. The van der Waals surface area contributed by atoms with E-state index in [9.17, 15) is 20.1 Å². The van der Waals surface area contributed by atoms with Gasteiger partial charge in [0.15, 0.2) is 0 Å². The molecule has 0 aliphatic carbocycles. The lowest BCUT2D eigenvalue weighted by Crippen LogP contribution is -2.29. The molecule has 0 saturated carbocycles. The molecule has 0 fully saturated rings. The van der Waals surface area contributed by atoms with Crippen LogP contribution in [0.3, 0.4) is 0 Å². The minimum absolute atomic E-state index is 0.00993. The normalized spacial score (nSPS) is 13.1. The Hall–Kier alpha value is -2.28. The van der Waals surface area contributed by atoms with Gasteiger partial charge in [0.05, 0.1) is 11.1 Å². The number of aliphatic hydroxyl groups excluding tert-OH is 2. The number of hydrogen-bond donors (Lipinski definition) is 4. The molecule has 2 unspecified atom stereocenters. The first-order chi connectivity index (χ1) is 12.0. The van der Waals surface area contributed by atoms with Gasteiger partial charge in [0, 0.05) is 12.1 Å². The SMILES string of the molecule is O=C(NCCC(O)C(O)c1cccc(O)c1Cl)OCc1ccccc1. The van der Waals surface area contributed by atoms with Gasteiger partial charge in [-0.15, -0.1) is 0 Å². The van der Waals surface area contributed by atoms with Crippen molar-refractivity contribution in [3.05, 3.63) is 64.7 Å². The number of halogens is 1. The maximum absolute atomic E-state index is 11.6. The van der Waals surface area contributed by atoms with Gasteiger partial charge in [-0.05, 0) is 18.1 Å². The lowest BCUT2D eigenvalue weighted by atomic mass is 10.0. The predicted octanol–water partition coefficient (Wildman–Crippen LogP) is 2.76. The molecule has 2 rings (SSSR count). The number of alkyl carbamates (subject to hydrolysis) is 1. The van der Waals surface area contributed by atoms with Gasteiger partial charge >= 0.3 is 6.09 Å². The van der Waals surface area contributed by atoms with Crippen molar-refractivity contribution in [1.82, 2.24) is 5.32 Å². The highest BCUT2D eigenvalue weighted by molar-refractivity contribution is 6.32. The van der Waals surface area contributed by atoms with Crippen LogP contribution in [0.25, 0.3) is 0 Å². The molecule has 2 aromatic rings. The summed E-state index contributed by atoms with van der Waals surface area (Å²) in [7, 11) is 0. The highest BCUT2D eigenvalue weighted by Crippen LogP contribution is 2.32. The van der Waals surface area contributed by atoms with E-state index in [2.05, 4.69) is 5.32 Å². The molecule has 0 aromatic heterocycles. The molecule has 0 spiro atoms. The predicted molar refractivity (Wildman–Crippen MR) is 93.3 cm³/mol. The Kier molecular flexibility index (Phi) is 7.06. The molecule has 0 heterocycles. The first-order valence-corrected chi connectivity index (χ1v) is 8.15. The first kappa shape index (κ1) is 19.1. The monoisotopic (exact) mass is 365 g/mol. The molecular formula is C18H20ClNO5. The number of carbonyl (C=O) groups is 1. The van der Waals surface area contributed by atoms with Crippen molar-refractivity contribution in [3.8, 4) is 5.75 Å². The third-order valence-electron chi connectivity index (χ3n) is 3.61. The van der Waals surface area contributed by atoms with Gasteiger partial charge in [-0.3, -0.25) is 0 Å². The summed E-state index contributed by atoms with van der Waals surface area (Å²) in [5, 5.41) is 32.2. The summed E-state index contributed by atoms with van der Waals surface area (Å²) in [5.74, 6) is -0.173. The molecule has 1 amide bonds. The fourth-order valence-corrected chi connectivity index (χ4v) is 2.46. The van der Waals surface area contributed by atoms with Crippen molar-refractivity contribution in [2.75, 3.05) is 6.54 Å². The van der Waals surface area contributed by atoms with Crippen LogP contribution in [0.2, 0.25) is 5.02 Å². The molecule has 0 aliphatic rings. The van der Waals surface area contributed by atoms with Gasteiger partial charge < -0.3 is 25.4 Å². The average molecular weight is 366 g/mol. The van der Waals surface area contributed by atoms with Crippen LogP contribution < -0.4 is 5.32 Å². The van der Waals surface area contributed by atoms with Crippen LogP contribution in [0.5, 0.6) is 5.75 Å². The van der Waals surface area contributed by atoms with Gasteiger partial charge in [-0.1, -0.05) is 54.1 Å².